The number of halogens is 1. The van der Waals surface area contributed by atoms with Crippen LogP contribution in [0.5, 0.6) is 5.75 Å². The molecule has 1 aromatic rings. The number of rotatable bonds is 6. The zero-order valence-corrected chi connectivity index (χ0v) is 11.8. The van der Waals surface area contributed by atoms with Crippen molar-refractivity contribution in [2.24, 2.45) is 0 Å². The Morgan fingerprint density at radius 3 is 2.78 bits per heavy atom. The fraction of sp³-hybridized carbons (Fsp3) is 0.462. The molecule has 0 fully saturated rings. The topological polar surface area (TPSA) is 42.8 Å². The number of carbonyl (C=O) groups excluding carboxylic acids is 1. The second-order valence-corrected chi connectivity index (χ2v) is 4.91. The number of aryl methyl sites for hydroxylation is 1. The van der Waals surface area contributed by atoms with Crippen LogP contribution < -0.4 is 15.0 Å². The van der Waals surface area contributed by atoms with Crippen molar-refractivity contribution in [2.45, 2.75) is 6.92 Å². The highest BCUT2D eigenvalue weighted by Gasteiger charge is 2.04. The first-order valence-electron chi connectivity index (χ1n) is 5.93. The predicted molar refractivity (Wildman–Crippen MR) is 72.4 cm³/mol. The molecule has 0 aliphatic rings. The standard InChI is InChI=1S/C13H19ClN2O2/c1-10-8-11(4-5-12(10)14)18-9-13(17)15-6-7-16(2)3/h4-5,8H,6-7,9H2,1-3H3,(H,15,17)/p+1. The van der Waals surface area contributed by atoms with Gasteiger partial charge in [0.05, 0.1) is 27.2 Å². The van der Waals surface area contributed by atoms with Crippen molar-refractivity contribution in [3.63, 3.8) is 0 Å². The second kappa shape index (κ2) is 7.24. The van der Waals surface area contributed by atoms with E-state index in [9.17, 15) is 4.79 Å². The molecule has 0 saturated carbocycles. The van der Waals surface area contributed by atoms with Gasteiger partial charge in [-0.15, -0.1) is 0 Å². The van der Waals surface area contributed by atoms with Crippen LogP contribution in [0.4, 0.5) is 0 Å². The number of ether oxygens (including phenoxy) is 1. The highest BCUT2D eigenvalue weighted by Crippen LogP contribution is 2.20. The normalized spacial score (nSPS) is 10.5. The zero-order valence-electron chi connectivity index (χ0n) is 11.0. The number of hydrogen-bond acceptors (Lipinski definition) is 2. The fourth-order valence-electron chi connectivity index (χ4n) is 1.36. The number of quaternary nitrogens is 1. The average Bonchev–Trinajstić information content (AvgIpc) is 2.30. The zero-order chi connectivity index (χ0) is 13.5. The molecule has 0 bridgehead atoms. The van der Waals surface area contributed by atoms with E-state index in [0.29, 0.717) is 17.3 Å². The Morgan fingerprint density at radius 1 is 1.44 bits per heavy atom. The summed E-state index contributed by atoms with van der Waals surface area (Å²) in [5.74, 6) is 0.550. The van der Waals surface area contributed by atoms with E-state index in [1.54, 1.807) is 12.1 Å². The van der Waals surface area contributed by atoms with Gasteiger partial charge < -0.3 is 15.0 Å². The van der Waals surface area contributed by atoms with Crippen molar-refractivity contribution < 1.29 is 14.4 Å². The maximum atomic E-state index is 11.5. The Kier molecular flexibility index (Phi) is 5.95. The monoisotopic (exact) mass is 271 g/mol. The number of carbonyl (C=O) groups is 1. The highest BCUT2D eigenvalue weighted by molar-refractivity contribution is 6.31. The second-order valence-electron chi connectivity index (χ2n) is 4.51. The Morgan fingerprint density at radius 2 is 2.17 bits per heavy atom. The number of benzene rings is 1. The molecule has 0 spiro atoms. The van der Waals surface area contributed by atoms with Crippen LogP contribution in [0.15, 0.2) is 18.2 Å². The molecular weight excluding hydrogens is 252 g/mol. The largest absolute Gasteiger partial charge is 0.484 e. The molecule has 0 aliphatic heterocycles. The van der Waals surface area contributed by atoms with Crippen LogP contribution in [-0.4, -0.2) is 39.7 Å². The van der Waals surface area contributed by atoms with Crippen molar-refractivity contribution in [2.75, 3.05) is 33.8 Å². The molecule has 1 rings (SSSR count). The van der Waals surface area contributed by atoms with Gasteiger partial charge in [0.15, 0.2) is 6.61 Å². The Balaban J connectivity index is 2.31. The molecule has 18 heavy (non-hydrogen) atoms. The van der Waals surface area contributed by atoms with E-state index in [1.807, 2.05) is 27.1 Å². The first-order chi connectivity index (χ1) is 8.49. The van der Waals surface area contributed by atoms with Crippen LogP contribution in [0.1, 0.15) is 5.56 Å². The minimum absolute atomic E-state index is 0.0316. The maximum absolute atomic E-state index is 11.5. The third-order valence-electron chi connectivity index (χ3n) is 2.45. The molecule has 2 N–H and O–H groups in total. The molecule has 5 heteroatoms. The van der Waals surface area contributed by atoms with Crippen molar-refractivity contribution in [1.29, 1.82) is 0 Å². The molecular formula is C13H20ClN2O2+. The average molecular weight is 272 g/mol. The summed E-state index contributed by atoms with van der Waals surface area (Å²) in [7, 11) is 4.08. The fourth-order valence-corrected chi connectivity index (χ4v) is 1.48. The van der Waals surface area contributed by atoms with Crippen LogP contribution in [0.2, 0.25) is 5.02 Å². The Hall–Kier alpha value is -1.26. The van der Waals surface area contributed by atoms with Gasteiger partial charge in [-0.3, -0.25) is 4.79 Å². The van der Waals surface area contributed by atoms with Crippen LogP contribution >= 0.6 is 11.6 Å². The van der Waals surface area contributed by atoms with Gasteiger partial charge in [0.2, 0.25) is 0 Å². The van der Waals surface area contributed by atoms with E-state index in [-0.39, 0.29) is 12.5 Å². The molecule has 0 aliphatic carbocycles. The quantitative estimate of drug-likeness (QED) is 0.781. The van der Waals surface area contributed by atoms with E-state index in [0.717, 1.165) is 12.1 Å². The van der Waals surface area contributed by atoms with Crippen LogP contribution in [0.3, 0.4) is 0 Å². The third kappa shape index (κ3) is 5.38. The van der Waals surface area contributed by atoms with Crippen molar-refractivity contribution >= 4 is 17.5 Å². The van der Waals surface area contributed by atoms with Gasteiger partial charge in [-0.05, 0) is 30.7 Å². The van der Waals surface area contributed by atoms with Crippen molar-refractivity contribution in [3.8, 4) is 5.75 Å². The summed E-state index contributed by atoms with van der Waals surface area (Å²) in [6.07, 6.45) is 0. The van der Waals surface area contributed by atoms with Crippen LogP contribution in [0, 0.1) is 6.92 Å². The van der Waals surface area contributed by atoms with E-state index < -0.39 is 0 Å². The highest BCUT2D eigenvalue weighted by atomic mass is 35.5. The summed E-state index contributed by atoms with van der Waals surface area (Å²) in [5.41, 5.74) is 0.936. The van der Waals surface area contributed by atoms with Crippen molar-refractivity contribution in [1.82, 2.24) is 5.32 Å². The van der Waals surface area contributed by atoms with E-state index >= 15 is 0 Å². The van der Waals surface area contributed by atoms with E-state index in [2.05, 4.69) is 5.32 Å². The summed E-state index contributed by atoms with van der Waals surface area (Å²) in [5, 5.41) is 3.49. The van der Waals surface area contributed by atoms with Crippen LogP contribution in [0.25, 0.3) is 0 Å². The number of nitrogens with one attached hydrogen (secondary N) is 2. The summed E-state index contributed by atoms with van der Waals surface area (Å²) < 4.78 is 5.38. The van der Waals surface area contributed by atoms with Gasteiger partial charge in [-0.2, -0.15) is 0 Å². The van der Waals surface area contributed by atoms with Gasteiger partial charge in [-0.1, -0.05) is 11.6 Å². The van der Waals surface area contributed by atoms with E-state index in [4.69, 9.17) is 16.3 Å². The first kappa shape index (κ1) is 14.8. The summed E-state index contributed by atoms with van der Waals surface area (Å²) >= 11 is 5.90. The molecule has 0 heterocycles. The smallest absolute Gasteiger partial charge is 0.258 e. The number of likely N-dealkylation sites (N-methyl/N-ethyl adjacent to an activating group) is 1. The summed E-state index contributed by atoms with van der Waals surface area (Å²) in [6.45, 7) is 3.48. The Labute approximate surface area is 113 Å². The molecule has 0 radical (unpaired) electrons. The summed E-state index contributed by atoms with van der Waals surface area (Å²) in [4.78, 5) is 12.8. The number of hydrogen-bond donors (Lipinski definition) is 2. The molecule has 0 aromatic heterocycles. The van der Waals surface area contributed by atoms with Gasteiger partial charge in [-0.25, -0.2) is 0 Å². The lowest BCUT2D eigenvalue weighted by Gasteiger charge is -2.10. The lowest BCUT2D eigenvalue weighted by Crippen LogP contribution is -3.06. The molecule has 1 amide bonds. The van der Waals surface area contributed by atoms with E-state index in [1.165, 1.54) is 4.90 Å². The minimum Gasteiger partial charge on any atom is -0.484 e. The predicted octanol–water partition coefficient (Wildman–Crippen LogP) is 0.288. The van der Waals surface area contributed by atoms with Gasteiger partial charge in [0, 0.05) is 5.02 Å². The Bertz CT molecular complexity index is 408. The van der Waals surface area contributed by atoms with Gasteiger partial charge >= 0.3 is 0 Å². The first-order valence-corrected chi connectivity index (χ1v) is 6.31. The molecule has 0 saturated heterocycles. The van der Waals surface area contributed by atoms with Gasteiger partial charge in [0.25, 0.3) is 5.91 Å². The van der Waals surface area contributed by atoms with Crippen molar-refractivity contribution in [3.05, 3.63) is 28.8 Å². The molecule has 100 valence electrons. The molecule has 0 atom stereocenters. The maximum Gasteiger partial charge on any atom is 0.258 e. The molecule has 4 nitrogen and oxygen atoms in total. The SMILES string of the molecule is Cc1cc(OCC(=O)NCC[NH+](C)C)ccc1Cl. The van der Waals surface area contributed by atoms with Crippen LogP contribution in [-0.2, 0) is 4.79 Å². The number of amides is 1. The minimum atomic E-state index is -0.108. The lowest BCUT2D eigenvalue weighted by atomic mass is 10.2. The lowest BCUT2D eigenvalue weighted by molar-refractivity contribution is -0.856. The van der Waals surface area contributed by atoms with Gasteiger partial charge in [0.1, 0.15) is 5.75 Å². The molecule has 0 unspecified atom stereocenters. The summed E-state index contributed by atoms with van der Waals surface area (Å²) in [6, 6.07) is 5.34. The molecule has 1 aromatic carbocycles. The third-order valence-corrected chi connectivity index (χ3v) is 2.87.